The van der Waals surface area contributed by atoms with Crippen LogP contribution in [0.15, 0.2) is 87.4 Å². The van der Waals surface area contributed by atoms with Gasteiger partial charge in [-0.3, -0.25) is 14.5 Å². The van der Waals surface area contributed by atoms with E-state index in [4.69, 9.17) is 4.42 Å². The van der Waals surface area contributed by atoms with E-state index >= 15 is 0 Å². The molecule has 0 spiro atoms. The number of thioether (sulfide) groups is 1. The van der Waals surface area contributed by atoms with Crippen molar-refractivity contribution in [2.75, 3.05) is 0 Å². The summed E-state index contributed by atoms with van der Waals surface area (Å²) in [5.41, 5.74) is 1.94. The van der Waals surface area contributed by atoms with Crippen molar-refractivity contribution < 1.29 is 18.4 Å². The van der Waals surface area contributed by atoms with Gasteiger partial charge in [-0.1, -0.05) is 49.6 Å². The van der Waals surface area contributed by atoms with Crippen molar-refractivity contribution in [1.29, 1.82) is 0 Å². The van der Waals surface area contributed by atoms with Gasteiger partial charge in [-0.25, -0.2) is 9.38 Å². The van der Waals surface area contributed by atoms with Gasteiger partial charge < -0.3 is 14.3 Å². The van der Waals surface area contributed by atoms with Gasteiger partial charge in [0.05, 0.1) is 17.7 Å². The van der Waals surface area contributed by atoms with Crippen molar-refractivity contribution in [3.63, 3.8) is 0 Å². The van der Waals surface area contributed by atoms with Gasteiger partial charge in [0.25, 0.3) is 5.91 Å². The van der Waals surface area contributed by atoms with E-state index in [1.807, 2.05) is 47.2 Å². The molecule has 1 aliphatic carbocycles. The van der Waals surface area contributed by atoms with Crippen LogP contribution in [0.5, 0.6) is 0 Å². The summed E-state index contributed by atoms with van der Waals surface area (Å²) < 4.78 is 21.7. The predicted octanol–water partition coefficient (Wildman–Crippen LogP) is 6.63. The number of rotatable bonds is 7. The molecular weight excluding hydrogens is 527 g/mol. The number of carbonyl (C=O) groups excluding carboxylic acids is 2. The lowest BCUT2D eigenvalue weighted by molar-refractivity contribution is -0.124. The van der Waals surface area contributed by atoms with Crippen LogP contribution >= 0.6 is 11.8 Å². The summed E-state index contributed by atoms with van der Waals surface area (Å²) in [7, 11) is 0. The van der Waals surface area contributed by atoms with E-state index in [-0.39, 0.29) is 30.1 Å². The van der Waals surface area contributed by atoms with Crippen LogP contribution in [0.25, 0.3) is 17.0 Å². The zero-order valence-corrected chi connectivity index (χ0v) is 22.7. The molecule has 2 aliphatic rings. The molecule has 2 aromatic heterocycles. The number of fused-ring (bicyclic) bond motifs is 1. The number of nitrogens with zero attached hydrogens (tertiary/aromatic N) is 3. The Hall–Kier alpha value is -4.11. The molecule has 1 N–H and O–H groups in total. The average Bonchev–Trinajstić information content (AvgIpc) is 3.69. The molecule has 9 heteroatoms. The molecule has 40 heavy (non-hydrogen) atoms. The third-order valence-corrected chi connectivity index (χ3v) is 8.29. The summed E-state index contributed by atoms with van der Waals surface area (Å²) in [4.78, 5) is 33.4. The third kappa shape index (κ3) is 5.47. The fraction of sp³-hybridized carbons (Fsp3) is 0.258. The number of aromatic nitrogens is 1. The lowest BCUT2D eigenvalue weighted by Gasteiger charge is -2.30. The Labute approximate surface area is 235 Å². The molecule has 1 saturated heterocycles. The molecule has 1 aliphatic heterocycles. The maximum absolute atomic E-state index is 14.5. The van der Waals surface area contributed by atoms with Crippen LogP contribution in [0, 0.1) is 5.82 Å². The van der Waals surface area contributed by atoms with E-state index in [1.54, 1.807) is 35.4 Å². The maximum Gasteiger partial charge on any atom is 0.267 e. The molecule has 204 valence electrons. The Morgan fingerprint density at radius 2 is 1.88 bits per heavy atom. The Bertz CT molecular complexity index is 1600. The number of aliphatic imine (C=N–C) groups is 1. The predicted molar refractivity (Wildman–Crippen MR) is 155 cm³/mol. The number of hydrogen-bond donors (Lipinski definition) is 1. The number of amidine groups is 1. The molecule has 0 bridgehead atoms. The number of halogens is 1. The zero-order chi connectivity index (χ0) is 27.5. The van der Waals surface area contributed by atoms with Crippen LogP contribution in [0.3, 0.4) is 0 Å². The molecule has 4 aromatic rings. The van der Waals surface area contributed by atoms with Gasteiger partial charge in [0.1, 0.15) is 23.8 Å². The van der Waals surface area contributed by atoms with Crippen molar-refractivity contribution in [3.8, 4) is 0 Å². The molecule has 0 atom stereocenters. The molecule has 3 heterocycles. The van der Waals surface area contributed by atoms with Crippen molar-refractivity contribution >= 4 is 51.4 Å². The van der Waals surface area contributed by atoms with Crippen LogP contribution in [0.2, 0.25) is 0 Å². The molecule has 2 fully saturated rings. The second-order valence-corrected chi connectivity index (χ2v) is 11.0. The first kappa shape index (κ1) is 26.1. The molecule has 7 nitrogen and oxygen atoms in total. The second-order valence-electron chi connectivity index (χ2n) is 10.0. The molecule has 6 rings (SSSR count). The lowest BCUT2D eigenvalue weighted by atomic mass is 9.94. The van der Waals surface area contributed by atoms with Gasteiger partial charge >= 0.3 is 0 Å². The summed E-state index contributed by atoms with van der Waals surface area (Å²) in [6.07, 6.45) is 10.4. The number of carbonyl (C=O) groups is 2. The van der Waals surface area contributed by atoms with Gasteiger partial charge in [-0.2, -0.15) is 0 Å². The van der Waals surface area contributed by atoms with Crippen LogP contribution in [-0.2, 0) is 22.7 Å². The monoisotopic (exact) mass is 556 g/mol. The van der Waals surface area contributed by atoms with Gasteiger partial charge in [0, 0.05) is 28.7 Å². The van der Waals surface area contributed by atoms with Gasteiger partial charge in [0.15, 0.2) is 5.17 Å². The highest BCUT2D eigenvalue weighted by atomic mass is 32.2. The van der Waals surface area contributed by atoms with E-state index in [0.717, 1.165) is 48.6 Å². The van der Waals surface area contributed by atoms with Crippen molar-refractivity contribution in [1.82, 2.24) is 14.8 Å². The normalized spacial score (nSPS) is 18.3. The Balaban J connectivity index is 1.31. The summed E-state index contributed by atoms with van der Waals surface area (Å²) in [6, 6.07) is 17.8. The zero-order valence-electron chi connectivity index (χ0n) is 21.9. The smallest absolute Gasteiger partial charge is 0.267 e. The summed E-state index contributed by atoms with van der Waals surface area (Å²) in [6.45, 7) is 0.438. The molecule has 0 unspecified atom stereocenters. The first-order valence-electron chi connectivity index (χ1n) is 13.5. The topological polar surface area (TPSA) is 79.8 Å². The minimum Gasteiger partial charge on any atom is -0.467 e. The lowest BCUT2D eigenvalue weighted by Crippen LogP contribution is -2.40. The van der Waals surface area contributed by atoms with Crippen molar-refractivity contribution in [2.24, 2.45) is 4.99 Å². The van der Waals surface area contributed by atoms with Crippen LogP contribution in [0.4, 0.5) is 10.1 Å². The van der Waals surface area contributed by atoms with E-state index < -0.39 is 5.82 Å². The number of para-hydroxylation sites is 2. The standard InChI is InChI=1S/C31H29FN4O3S/c32-25-13-5-6-14-26(25)34-31-36(22-9-2-1-3-10-22)30(38)28(40-31)17-21-19-35(27-15-7-4-12-24(21)27)20-29(37)33-18-23-11-8-16-39-23/h4-8,11-17,19,22H,1-3,9-10,18,20H2,(H,33,37)/b28-17-,34-31?. The van der Waals surface area contributed by atoms with E-state index in [9.17, 15) is 14.0 Å². The van der Waals surface area contributed by atoms with Crippen molar-refractivity contribution in [2.45, 2.75) is 51.2 Å². The largest absolute Gasteiger partial charge is 0.467 e. The number of hydrogen-bond acceptors (Lipinski definition) is 5. The molecule has 1 saturated carbocycles. The Kier molecular flexibility index (Phi) is 7.55. The quantitative estimate of drug-likeness (QED) is 0.259. The van der Waals surface area contributed by atoms with Gasteiger partial charge in [0.2, 0.25) is 5.91 Å². The molecule has 2 aromatic carbocycles. The minimum absolute atomic E-state index is 0.0457. The number of nitrogens with one attached hydrogen (secondary N) is 1. The van der Waals surface area contributed by atoms with E-state index in [1.165, 1.54) is 17.8 Å². The van der Waals surface area contributed by atoms with E-state index in [0.29, 0.717) is 22.4 Å². The third-order valence-electron chi connectivity index (χ3n) is 7.31. The molecular formula is C31H29FN4O3S. The number of amides is 2. The summed E-state index contributed by atoms with van der Waals surface area (Å²) >= 11 is 1.28. The minimum atomic E-state index is -0.419. The van der Waals surface area contributed by atoms with Crippen LogP contribution in [0.1, 0.15) is 43.4 Å². The Morgan fingerprint density at radius 1 is 1.07 bits per heavy atom. The number of furan rings is 1. The van der Waals surface area contributed by atoms with Crippen LogP contribution < -0.4 is 5.32 Å². The fourth-order valence-corrected chi connectivity index (χ4v) is 6.39. The van der Waals surface area contributed by atoms with Crippen molar-refractivity contribution in [3.05, 3.63) is 95.2 Å². The molecule has 2 amide bonds. The fourth-order valence-electron chi connectivity index (χ4n) is 5.34. The van der Waals surface area contributed by atoms with E-state index in [2.05, 4.69) is 10.3 Å². The summed E-state index contributed by atoms with van der Waals surface area (Å²) in [5, 5.41) is 4.33. The maximum atomic E-state index is 14.5. The Morgan fingerprint density at radius 3 is 2.67 bits per heavy atom. The van der Waals surface area contributed by atoms with Gasteiger partial charge in [-0.15, -0.1) is 0 Å². The highest BCUT2D eigenvalue weighted by molar-refractivity contribution is 8.18. The first-order valence-corrected chi connectivity index (χ1v) is 14.3. The first-order chi connectivity index (χ1) is 19.6. The van der Waals surface area contributed by atoms with Crippen LogP contribution in [-0.4, -0.2) is 32.5 Å². The SMILES string of the molecule is O=C(Cn1cc(/C=C2\SC(=Nc3ccccc3F)N(C3CCCCC3)C2=O)c2ccccc21)NCc1ccco1. The number of benzene rings is 2. The average molecular weight is 557 g/mol. The molecule has 0 radical (unpaired) electrons. The second kappa shape index (κ2) is 11.6. The highest BCUT2D eigenvalue weighted by Crippen LogP contribution is 2.39. The van der Waals surface area contributed by atoms with Gasteiger partial charge in [-0.05, 0) is 61.0 Å². The highest BCUT2D eigenvalue weighted by Gasteiger charge is 2.39. The summed E-state index contributed by atoms with van der Waals surface area (Å²) in [5.74, 6) is 0.00575.